The van der Waals surface area contributed by atoms with Crippen molar-refractivity contribution < 1.29 is 14.3 Å². The highest BCUT2D eigenvalue weighted by atomic mass is 16.6. The Labute approximate surface area is 96.7 Å². The maximum Gasteiger partial charge on any atom is 0.309 e. The molecule has 16 heavy (non-hydrogen) atoms. The van der Waals surface area contributed by atoms with E-state index in [1.165, 1.54) is 6.42 Å². The largest absolute Gasteiger partial charge is 0.463 e. The van der Waals surface area contributed by atoms with E-state index in [0.29, 0.717) is 6.61 Å². The fraction of sp³-hybridized carbons (Fsp3) is 0.917. The van der Waals surface area contributed by atoms with Gasteiger partial charge in [0.1, 0.15) is 6.61 Å². The van der Waals surface area contributed by atoms with E-state index < -0.39 is 0 Å². The van der Waals surface area contributed by atoms with Crippen molar-refractivity contribution in [3.8, 4) is 0 Å². The van der Waals surface area contributed by atoms with E-state index in [2.05, 4.69) is 5.32 Å². The molecule has 0 aromatic carbocycles. The number of piperidine rings is 1. The third kappa shape index (κ3) is 3.46. The molecule has 2 rings (SSSR count). The summed E-state index contributed by atoms with van der Waals surface area (Å²) in [6.45, 7) is 3.12. The highest BCUT2D eigenvalue weighted by Crippen LogP contribution is 2.16. The first kappa shape index (κ1) is 11.9. The molecule has 0 saturated carbocycles. The molecule has 92 valence electrons. The molecule has 0 bridgehead atoms. The van der Waals surface area contributed by atoms with Gasteiger partial charge in [-0.1, -0.05) is 0 Å². The highest BCUT2D eigenvalue weighted by molar-refractivity contribution is 5.72. The molecule has 4 nitrogen and oxygen atoms in total. The van der Waals surface area contributed by atoms with Gasteiger partial charge in [-0.3, -0.25) is 4.79 Å². The van der Waals surface area contributed by atoms with Gasteiger partial charge in [0, 0.05) is 6.61 Å². The average Bonchev–Trinajstić information content (AvgIpc) is 2.38. The molecule has 2 heterocycles. The lowest BCUT2D eigenvalue weighted by Crippen LogP contribution is -2.34. The number of carbonyl (C=O) groups is 1. The monoisotopic (exact) mass is 227 g/mol. The number of hydrogen-bond donors (Lipinski definition) is 1. The van der Waals surface area contributed by atoms with E-state index in [4.69, 9.17) is 9.47 Å². The summed E-state index contributed by atoms with van der Waals surface area (Å²) in [7, 11) is 0. The second-order valence-corrected chi connectivity index (χ2v) is 4.64. The van der Waals surface area contributed by atoms with Gasteiger partial charge < -0.3 is 14.8 Å². The number of esters is 1. The Balaban J connectivity index is 1.65. The Hall–Kier alpha value is -0.610. The quantitative estimate of drug-likeness (QED) is 0.733. The maximum absolute atomic E-state index is 11.7. The van der Waals surface area contributed by atoms with Crippen molar-refractivity contribution in [2.45, 2.75) is 38.2 Å². The summed E-state index contributed by atoms with van der Waals surface area (Å²) in [5.74, 6) is 0.0699. The second kappa shape index (κ2) is 6.21. The second-order valence-electron chi connectivity index (χ2n) is 4.64. The van der Waals surface area contributed by atoms with Crippen LogP contribution in [0.3, 0.4) is 0 Å². The molecule has 2 fully saturated rings. The lowest BCUT2D eigenvalue weighted by Gasteiger charge is -2.25. The Bertz CT molecular complexity index is 220. The minimum absolute atomic E-state index is 0.0318. The first-order valence-corrected chi connectivity index (χ1v) is 6.35. The van der Waals surface area contributed by atoms with Crippen LogP contribution in [0.1, 0.15) is 32.1 Å². The summed E-state index contributed by atoms with van der Waals surface area (Å²) >= 11 is 0. The maximum atomic E-state index is 11.7. The van der Waals surface area contributed by atoms with Crippen LogP contribution >= 0.6 is 0 Å². The van der Waals surface area contributed by atoms with Crippen LogP contribution in [0.4, 0.5) is 0 Å². The average molecular weight is 227 g/mol. The van der Waals surface area contributed by atoms with Crippen LogP contribution < -0.4 is 5.32 Å². The molecule has 2 saturated heterocycles. The predicted octanol–water partition coefficient (Wildman–Crippen LogP) is 1.10. The van der Waals surface area contributed by atoms with Crippen molar-refractivity contribution in [3.05, 3.63) is 0 Å². The Morgan fingerprint density at radius 1 is 1.25 bits per heavy atom. The van der Waals surface area contributed by atoms with Crippen molar-refractivity contribution in [2.75, 3.05) is 26.3 Å². The lowest BCUT2D eigenvalue weighted by molar-refractivity contribution is -0.154. The van der Waals surface area contributed by atoms with Crippen LogP contribution in [-0.4, -0.2) is 38.4 Å². The fourth-order valence-electron chi connectivity index (χ4n) is 2.29. The van der Waals surface area contributed by atoms with Crippen molar-refractivity contribution in [1.29, 1.82) is 0 Å². The molecule has 0 aliphatic carbocycles. The molecular weight excluding hydrogens is 206 g/mol. The third-order valence-corrected chi connectivity index (χ3v) is 3.36. The first-order chi connectivity index (χ1) is 7.86. The normalized spacial score (nSPS) is 27.6. The minimum Gasteiger partial charge on any atom is -0.463 e. The summed E-state index contributed by atoms with van der Waals surface area (Å²) in [5, 5.41) is 3.24. The highest BCUT2D eigenvalue weighted by Gasteiger charge is 2.23. The van der Waals surface area contributed by atoms with Gasteiger partial charge in [-0.05, 0) is 45.2 Å². The Morgan fingerprint density at radius 2 is 2.06 bits per heavy atom. The molecule has 1 N–H and O–H groups in total. The van der Waals surface area contributed by atoms with Gasteiger partial charge in [-0.25, -0.2) is 0 Å². The summed E-state index contributed by atoms with van der Waals surface area (Å²) in [6.07, 6.45) is 5.31. The topological polar surface area (TPSA) is 47.6 Å². The lowest BCUT2D eigenvalue weighted by atomic mass is 9.98. The van der Waals surface area contributed by atoms with E-state index in [1.807, 2.05) is 0 Å². The molecule has 1 atom stereocenters. The zero-order valence-electron chi connectivity index (χ0n) is 9.74. The van der Waals surface area contributed by atoms with Gasteiger partial charge in [0.2, 0.25) is 0 Å². The molecule has 0 amide bonds. The third-order valence-electron chi connectivity index (χ3n) is 3.36. The van der Waals surface area contributed by atoms with Crippen LogP contribution in [-0.2, 0) is 14.3 Å². The molecule has 0 radical (unpaired) electrons. The molecular formula is C12H21NO3. The van der Waals surface area contributed by atoms with Gasteiger partial charge in [0.25, 0.3) is 0 Å². The van der Waals surface area contributed by atoms with Gasteiger partial charge in [0.15, 0.2) is 0 Å². The molecule has 4 heteroatoms. The Kier molecular flexibility index (Phi) is 4.60. The summed E-state index contributed by atoms with van der Waals surface area (Å²) < 4.78 is 10.9. The zero-order chi connectivity index (χ0) is 11.2. The van der Waals surface area contributed by atoms with Crippen molar-refractivity contribution in [1.82, 2.24) is 5.32 Å². The number of ether oxygens (including phenoxy) is 2. The molecule has 0 spiro atoms. The number of hydrogen-bond acceptors (Lipinski definition) is 4. The smallest absolute Gasteiger partial charge is 0.309 e. The summed E-state index contributed by atoms with van der Waals surface area (Å²) in [6, 6.07) is 0. The standard InChI is InChI=1S/C12H21NO3/c14-12(10-4-6-13-7-5-10)16-9-11-3-1-2-8-15-11/h10-11,13H,1-9H2. The summed E-state index contributed by atoms with van der Waals surface area (Å²) in [5.41, 5.74) is 0. The number of carbonyl (C=O) groups excluding carboxylic acids is 1. The van der Waals surface area contributed by atoms with Crippen LogP contribution in [0.5, 0.6) is 0 Å². The van der Waals surface area contributed by atoms with Crippen LogP contribution in [0.15, 0.2) is 0 Å². The van der Waals surface area contributed by atoms with E-state index in [-0.39, 0.29) is 18.0 Å². The fourth-order valence-corrected chi connectivity index (χ4v) is 2.29. The van der Waals surface area contributed by atoms with Gasteiger partial charge in [0.05, 0.1) is 12.0 Å². The van der Waals surface area contributed by atoms with E-state index in [0.717, 1.165) is 45.4 Å². The molecule has 2 aliphatic rings. The molecule has 1 unspecified atom stereocenters. The van der Waals surface area contributed by atoms with Crippen LogP contribution in [0.25, 0.3) is 0 Å². The van der Waals surface area contributed by atoms with Crippen molar-refractivity contribution in [2.24, 2.45) is 5.92 Å². The molecule has 2 aliphatic heterocycles. The number of rotatable bonds is 3. The van der Waals surface area contributed by atoms with Crippen LogP contribution in [0.2, 0.25) is 0 Å². The van der Waals surface area contributed by atoms with E-state index in [1.54, 1.807) is 0 Å². The van der Waals surface area contributed by atoms with Crippen molar-refractivity contribution >= 4 is 5.97 Å². The Morgan fingerprint density at radius 3 is 2.75 bits per heavy atom. The van der Waals surface area contributed by atoms with E-state index in [9.17, 15) is 4.79 Å². The SMILES string of the molecule is O=C(OCC1CCCCO1)C1CCNCC1. The van der Waals surface area contributed by atoms with Gasteiger partial charge >= 0.3 is 5.97 Å². The van der Waals surface area contributed by atoms with Crippen LogP contribution in [0, 0.1) is 5.92 Å². The first-order valence-electron chi connectivity index (χ1n) is 6.35. The van der Waals surface area contributed by atoms with Crippen molar-refractivity contribution in [3.63, 3.8) is 0 Å². The molecule has 0 aromatic rings. The summed E-state index contributed by atoms with van der Waals surface area (Å²) in [4.78, 5) is 11.7. The van der Waals surface area contributed by atoms with Gasteiger partial charge in [-0.15, -0.1) is 0 Å². The predicted molar refractivity (Wildman–Crippen MR) is 60.1 cm³/mol. The molecule has 0 aromatic heterocycles. The zero-order valence-corrected chi connectivity index (χ0v) is 9.74. The minimum atomic E-state index is -0.0318. The van der Waals surface area contributed by atoms with E-state index >= 15 is 0 Å². The van der Waals surface area contributed by atoms with Gasteiger partial charge in [-0.2, -0.15) is 0 Å². The number of nitrogens with one attached hydrogen (secondary N) is 1.